The highest BCUT2D eigenvalue weighted by atomic mass is 16.2. The first kappa shape index (κ1) is 17.6. The Morgan fingerprint density at radius 3 is 2.46 bits per heavy atom. The second kappa shape index (κ2) is 7.78. The molecule has 0 radical (unpaired) electrons. The normalized spacial score (nSPS) is 10.4. The van der Waals surface area contributed by atoms with Gasteiger partial charge in [-0.25, -0.2) is 9.97 Å². The van der Waals surface area contributed by atoms with Crippen molar-refractivity contribution in [1.82, 2.24) is 9.97 Å². The van der Waals surface area contributed by atoms with E-state index in [0.29, 0.717) is 18.2 Å². The molecule has 0 unspecified atom stereocenters. The van der Waals surface area contributed by atoms with Crippen molar-refractivity contribution in [2.24, 2.45) is 0 Å². The van der Waals surface area contributed by atoms with Gasteiger partial charge >= 0.3 is 0 Å². The molecule has 1 heterocycles. The van der Waals surface area contributed by atoms with Crippen LogP contribution in [-0.2, 0) is 0 Å². The lowest BCUT2D eigenvalue weighted by Gasteiger charge is -2.21. The minimum absolute atomic E-state index is 0.139. The van der Waals surface area contributed by atoms with Gasteiger partial charge < -0.3 is 10.2 Å². The molecule has 132 valence electrons. The number of anilines is 3. The number of para-hydroxylation sites is 1. The van der Waals surface area contributed by atoms with Crippen LogP contribution >= 0.6 is 0 Å². The number of hydrogen-bond donors (Lipinski definition) is 1. The van der Waals surface area contributed by atoms with Crippen molar-refractivity contribution in [3.05, 3.63) is 77.6 Å². The summed E-state index contributed by atoms with van der Waals surface area (Å²) in [6.07, 6.45) is 0. The summed E-state index contributed by atoms with van der Waals surface area (Å²) >= 11 is 0. The zero-order valence-electron chi connectivity index (χ0n) is 15.2. The lowest BCUT2D eigenvalue weighted by Crippen LogP contribution is -2.31. The summed E-state index contributed by atoms with van der Waals surface area (Å²) in [5.41, 5.74) is 3.97. The van der Waals surface area contributed by atoms with Gasteiger partial charge in [0.05, 0.1) is 0 Å². The summed E-state index contributed by atoms with van der Waals surface area (Å²) in [5.74, 6) is 0.277. The lowest BCUT2D eigenvalue weighted by atomic mass is 10.2. The molecule has 0 atom stereocenters. The Hall–Kier alpha value is -3.21. The highest BCUT2D eigenvalue weighted by molar-refractivity contribution is 6.05. The van der Waals surface area contributed by atoms with Crippen LogP contribution in [0.25, 0.3) is 0 Å². The third-order valence-corrected chi connectivity index (χ3v) is 3.98. The zero-order chi connectivity index (χ0) is 18.5. The van der Waals surface area contributed by atoms with Crippen LogP contribution in [0.2, 0.25) is 0 Å². The number of nitrogens with zero attached hydrogens (tertiary/aromatic N) is 3. The summed E-state index contributed by atoms with van der Waals surface area (Å²) in [7, 11) is 0. The van der Waals surface area contributed by atoms with Gasteiger partial charge in [0.2, 0.25) is 5.95 Å². The van der Waals surface area contributed by atoms with Crippen molar-refractivity contribution in [1.29, 1.82) is 0 Å². The molecule has 2 aromatic carbocycles. The summed E-state index contributed by atoms with van der Waals surface area (Å²) < 4.78 is 0. The smallest absolute Gasteiger partial charge is 0.277 e. The van der Waals surface area contributed by atoms with Crippen molar-refractivity contribution in [3.63, 3.8) is 0 Å². The van der Waals surface area contributed by atoms with E-state index in [1.54, 1.807) is 11.0 Å². The minimum Gasteiger partial charge on any atom is -0.324 e. The van der Waals surface area contributed by atoms with Crippen LogP contribution in [0, 0.1) is 13.8 Å². The average molecular weight is 346 g/mol. The molecule has 5 heteroatoms. The van der Waals surface area contributed by atoms with E-state index in [1.165, 1.54) is 0 Å². The van der Waals surface area contributed by atoms with Crippen LogP contribution < -0.4 is 10.2 Å². The number of rotatable bonds is 5. The second-order valence-electron chi connectivity index (χ2n) is 6.10. The van der Waals surface area contributed by atoms with Gasteiger partial charge in [-0.05, 0) is 56.7 Å². The van der Waals surface area contributed by atoms with E-state index in [4.69, 9.17) is 0 Å². The molecule has 0 bridgehead atoms. The molecule has 1 N–H and O–H groups in total. The van der Waals surface area contributed by atoms with Gasteiger partial charge in [0, 0.05) is 23.6 Å². The van der Waals surface area contributed by atoms with Gasteiger partial charge in [0.1, 0.15) is 5.69 Å². The molecule has 0 aliphatic heterocycles. The fourth-order valence-corrected chi connectivity index (χ4v) is 2.76. The predicted octanol–water partition coefficient (Wildman–Crippen LogP) is 4.50. The molecule has 0 aliphatic rings. The van der Waals surface area contributed by atoms with E-state index in [1.807, 2.05) is 75.4 Å². The van der Waals surface area contributed by atoms with Crippen molar-refractivity contribution in [3.8, 4) is 0 Å². The van der Waals surface area contributed by atoms with Gasteiger partial charge in [0.25, 0.3) is 5.91 Å². The molecule has 1 amide bonds. The number of carbonyl (C=O) groups is 1. The number of benzene rings is 2. The Morgan fingerprint density at radius 1 is 1.00 bits per heavy atom. The molecular weight excluding hydrogens is 324 g/mol. The molecule has 0 fully saturated rings. The van der Waals surface area contributed by atoms with Crippen LogP contribution in [0.5, 0.6) is 0 Å². The molecule has 26 heavy (non-hydrogen) atoms. The highest BCUT2D eigenvalue weighted by Crippen LogP contribution is 2.19. The molecule has 0 saturated carbocycles. The Bertz CT molecular complexity index is 909. The molecule has 0 aliphatic carbocycles. The predicted molar refractivity (Wildman–Crippen MR) is 105 cm³/mol. The molecule has 3 aromatic rings. The fourth-order valence-electron chi connectivity index (χ4n) is 2.76. The summed E-state index contributed by atoms with van der Waals surface area (Å²) in [6, 6.07) is 19.3. The van der Waals surface area contributed by atoms with Crippen LogP contribution in [-0.4, -0.2) is 22.4 Å². The third kappa shape index (κ3) is 4.06. The van der Waals surface area contributed by atoms with E-state index in [2.05, 4.69) is 15.3 Å². The SMILES string of the molecule is CCN(C(=O)c1cc(C)nc(Nc2ccccc2)n1)c1cccc(C)c1. The number of aromatic nitrogens is 2. The summed E-state index contributed by atoms with van der Waals surface area (Å²) in [6.45, 7) is 6.39. The van der Waals surface area contributed by atoms with Gasteiger partial charge in [-0.15, -0.1) is 0 Å². The number of nitrogens with one attached hydrogen (secondary N) is 1. The second-order valence-corrected chi connectivity index (χ2v) is 6.10. The van der Waals surface area contributed by atoms with E-state index in [-0.39, 0.29) is 5.91 Å². The quantitative estimate of drug-likeness (QED) is 0.739. The van der Waals surface area contributed by atoms with Crippen molar-refractivity contribution in [2.75, 3.05) is 16.8 Å². The highest BCUT2D eigenvalue weighted by Gasteiger charge is 2.19. The molecule has 0 saturated heterocycles. The molecule has 1 aromatic heterocycles. The van der Waals surface area contributed by atoms with E-state index < -0.39 is 0 Å². The van der Waals surface area contributed by atoms with Gasteiger partial charge in [-0.1, -0.05) is 30.3 Å². The maximum absolute atomic E-state index is 13.1. The van der Waals surface area contributed by atoms with Crippen LogP contribution in [0.15, 0.2) is 60.7 Å². The summed E-state index contributed by atoms with van der Waals surface area (Å²) in [4.78, 5) is 23.6. The molecule has 0 spiro atoms. The van der Waals surface area contributed by atoms with Crippen LogP contribution in [0.3, 0.4) is 0 Å². The Kier molecular flexibility index (Phi) is 5.27. The molecule has 5 nitrogen and oxygen atoms in total. The van der Waals surface area contributed by atoms with E-state index >= 15 is 0 Å². The maximum Gasteiger partial charge on any atom is 0.277 e. The fraction of sp³-hybridized carbons (Fsp3) is 0.190. The maximum atomic E-state index is 13.1. The minimum atomic E-state index is -0.139. The topological polar surface area (TPSA) is 58.1 Å². The number of carbonyl (C=O) groups excluding carboxylic acids is 1. The van der Waals surface area contributed by atoms with Gasteiger partial charge in [-0.2, -0.15) is 0 Å². The van der Waals surface area contributed by atoms with Crippen LogP contribution in [0.4, 0.5) is 17.3 Å². The number of amides is 1. The largest absolute Gasteiger partial charge is 0.324 e. The third-order valence-electron chi connectivity index (χ3n) is 3.98. The first-order valence-electron chi connectivity index (χ1n) is 8.63. The van der Waals surface area contributed by atoms with Crippen LogP contribution in [0.1, 0.15) is 28.7 Å². The molecule has 3 rings (SSSR count). The van der Waals surface area contributed by atoms with E-state index in [0.717, 1.165) is 22.6 Å². The van der Waals surface area contributed by atoms with E-state index in [9.17, 15) is 4.79 Å². The lowest BCUT2D eigenvalue weighted by molar-refractivity contribution is 0.0983. The first-order chi connectivity index (χ1) is 12.6. The van der Waals surface area contributed by atoms with Crippen molar-refractivity contribution in [2.45, 2.75) is 20.8 Å². The monoisotopic (exact) mass is 346 g/mol. The average Bonchev–Trinajstić information content (AvgIpc) is 2.63. The standard InChI is InChI=1S/C21H22N4O/c1-4-25(18-12-8-9-15(2)13-18)20(26)19-14-16(3)22-21(24-19)23-17-10-6-5-7-11-17/h5-14H,4H2,1-3H3,(H,22,23,24). The Balaban J connectivity index is 1.91. The summed E-state index contributed by atoms with van der Waals surface area (Å²) in [5, 5.41) is 3.15. The van der Waals surface area contributed by atoms with Crippen molar-refractivity contribution >= 4 is 23.2 Å². The Morgan fingerprint density at radius 2 is 1.77 bits per heavy atom. The Labute approximate surface area is 153 Å². The van der Waals surface area contributed by atoms with Crippen molar-refractivity contribution < 1.29 is 4.79 Å². The first-order valence-corrected chi connectivity index (χ1v) is 8.63. The van der Waals surface area contributed by atoms with Gasteiger partial charge in [-0.3, -0.25) is 4.79 Å². The number of hydrogen-bond acceptors (Lipinski definition) is 4. The molecular formula is C21H22N4O. The van der Waals surface area contributed by atoms with Gasteiger partial charge in [0.15, 0.2) is 0 Å². The number of aryl methyl sites for hydroxylation is 2. The zero-order valence-corrected chi connectivity index (χ0v) is 15.2.